The molecule has 1 saturated carbocycles. The molecule has 32 heavy (non-hydrogen) atoms. The molecule has 3 amide bonds. The van der Waals surface area contributed by atoms with Gasteiger partial charge in [-0.05, 0) is 49.6 Å². The zero-order chi connectivity index (χ0) is 22.7. The molecule has 7 nitrogen and oxygen atoms in total. The molecule has 2 aromatic carbocycles. The van der Waals surface area contributed by atoms with Crippen molar-refractivity contribution in [1.82, 2.24) is 10.2 Å². The minimum Gasteiger partial charge on any atom is -0.449 e. The molecular weight excluding hydrogens is 408 g/mol. The Balaban J connectivity index is 1.38. The Morgan fingerprint density at radius 2 is 1.66 bits per heavy atom. The number of carbonyl (C=O) groups is 4. The van der Waals surface area contributed by atoms with E-state index in [0.29, 0.717) is 16.7 Å². The summed E-state index contributed by atoms with van der Waals surface area (Å²) in [7, 11) is 0. The summed E-state index contributed by atoms with van der Waals surface area (Å²) in [5, 5.41) is 2.96. The normalized spacial score (nSPS) is 17.1. The van der Waals surface area contributed by atoms with Gasteiger partial charge in [-0.15, -0.1) is 0 Å². The number of rotatable bonds is 6. The number of amides is 3. The molecule has 1 unspecified atom stereocenters. The van der Waals surface area contributed by atoms with Crippen molar-refractivity contribution in [3.8, 4) is 0 Å². The Bertz CT molecular complexity index is 1020. The lowest BCUT2D eigenvalue weighted by atomic mass is 9.95. The van der Waals surface area contributed by atoms with Crippen LogP contribution in [0, 0.1) is 0 Å². The molecule has 7 heteroatoms. The lowest BCUT2D eigenvalue weighted by Crippen LogP contribution is -2.42. The topological polar surface area (TPSA) is 92.8 Å². The van der Waals surface area contributed by atoms with Gasteiger partial charge in [0.15, 0.2) is 6.10 Å². The zero-order valence-electron chi connectivity index (χ0n) is 18.0. The van der Waals surface area contributed by atoms with Crippen LogP contribution in [0.15, 0.2) is 48.5 Å². The Morgan fingerprint density at radius 1 is 1.00 bits per heavy atom. The van der Waals surface area contributed by atoms with E-state index < -0.39 is 12.1 Å². The summed E-state index contributed by atoms with van der Waals surface area (Å²) >= 11 is 0. The van der Waals surface area contributed by atoms with Crippen LogP contribution in [-0.4, -0.2) is 40.7 Å². The monoisotopic (exact) mass is 434 g/mol. The second kappa shape index (κ2) is 9.34. The highest BCUT2D eigenvalue weighted by Crippen LogP contribution is 2.24. The second-order valence-corrected chi connectivity index (χ2v) is 8.33. The fraction of sp³-hybridized carbons (Fsp3) is 0.360. The van der Waals surface area contributed by atoms with Gasteiger partial charge < -0.3 is 10.1 Å². The van der Waals surface area contributed by atoms with Gasteiger partial charge in [0.05, 0.1) is 23.2 Å². The zero-order valence-corrected chi connectivity index (χ0v) is 18.0. The van der Waals surface area contributed by atoms with Crippen molar-refractivity contribution in [2.75, 3.05) is 0 Å². The Labute approximate surface area is 186 Å². The van der Waals surface area contributed by atoms with Crippen molar-refractivity contribution in [2.24, 2.45) is 0 Å². The maximum Gasteiger partial charge on any atom is 0.338 e. The summed E-state index contributed by atoms with van der Waals surface area (Å²) in [6.07, 6.45) is 4.37. The smallest absolute Gasteiger partial charge is 0.338 e. The second-order valence-electron chi connectivity index (χ2n) is 8.33. The number of hydrogen-bond acceptors (Lipinski definition) is 5. The number of benzene rings is 2. The van der Waals surface area contributed by atoms with Crippen LogP contribution in [0.25, 0.3) is 0 Å². The average Bonchev–Trinajstić information content (AvgIpc) is 3.05. The van der Waals surface area contributed by atoms with Crippen molar-refractivity contribution in [3.63, 3.8) is 0 Å². The van der Waals surface area contributed by atoms with Crippen LogP contribution in [0.1, 0.15) is 75.7 Å². The highest BCUT2D eigenvalue weighted by Gasteiger charge is 2.35. The van der Waals surface area contributed by atoms with E-state index >= 15 is 0 Å². The minimum atomic E-state index is -0.913. The summed E-state index contributed by atoms with van der Waals surface area (Å²) in [6, 6.07) is 13.4. The van der Waals surface area contributed by atoms with Crippen molar-refractivity contribution in [2.45, 2.75) is 57.7 Å². The average molecular weight is 434 g/mol. The first-order valence-electron chi connectivity index (χ1n) is 11.0. The first kappa shape index (κ1) is 21.7. The van der Waals surface area contributed by atoms with Crippen LogP contribution in [0.3, 0.4) is 0 Å². The summed E-state index contributed by atoms with van der Waals surface area (Å²) in [5.74, 6) is -1.63. The van der Waals surface area contributed by atoms with Gasteiger partial charge in [-0.25, -0.2) is 4.79 Å². The van der Waals surface area contributed by atoms with Gasteiger partial charge in [0, 0.05) is 6.04 Å². The molecule has 0 spiro atoms. The summed E-state index contributed by atoms with van der Waals surface area (Å²) < 4.78 is 5.36. The summed E-state index contributed by atoms with van der Waals surface area (Å²) in [4.78, 5) is 51.3. The van der Waals surface area contributed by atoms with Crippen molar-refractivity contribution < 1.29 is 23.9 Å². The highest BCUT2D eigenvalue weighted by molar-refractivity contribution is 6.21. The third kappa shape index (κ3) is 4.56. The third-order valence-electron chi connectivity index (χ3n) is 5.99. The van der Waals surface area contributed by atoms with Gasteiger partial charge in [0.25, 0.3) is 17.7 Å². The lowest BCUT2D eigenvalue weighted by molar-refractivity contribution is -0.130. The van der Waals surface area contributed by atoms with Crippen LogP contribution in [0.4, 0.5) is 0 Å². The molecule has 2 aromatic rings. The van der Waals surface area contributed by atoms with Gasteiger partial charge in [0.2, 0.25) is 0 Å². The summed E-state index contributed by atoms with van der Waals surface area (Å²) in [5.41, 5.74) is 1.64. The maximum atomic E-state index is 12.6. The third-order valence-corrected chi connectivity index (χ3v) is 5.99. The summed E-state index contributed by atoms with van der Waals surface area (Å²) in [6.45, 7) is 1.60. The molecule has 1 heterocycles. The van der Waals surface area contributed by atoms with Crippen molar-refractivity contribution in [1.29, 1.82) is 0 Å². The van der Waals surface area contributed by atoms with E-state index in [0.717, 1.165) is 30.6 Å². The molecule has 1 aliphatic carbocycles. The highest BCUT2D eigenvalue weighted by atomic mass is 16.5. The number of imide groups is 1. The van der Waals surface area contributed by atoms with Gasteiger partial charge in [-0.1, -0.05) is 43.5 Å². The molecule has 1 N–H and O–H groups in total. The maximum absolute atomic E-state index is 12.6. The molecule has 0 bridgehead atoms. The minimum absolute atomic E-state index is 0.0468. The van der Waals surface area contributed by atoms with E-state index in [1.54, 1.807) is 55.5 Å². The quantitative estimate of drug-likeness (QED) is 0.555. The largest absolute Gasteiger partial charge is 0.449 e. The molecule has 1 aliphatic heterocycles. The number of hydrogen-bond donors (Lipinski definition) is 1. The van der Waals surface area contributed by atoms with E-state index in [2.05, 4.69) is 5.32 Å². The van der Waals surface area contributed by atoms with Gasteiger partial charge in [-0.2, -0.15) is 0 Å². The predicted octanol–water partition coefficient (Wildman–Crippen LogP) is 3.48. The molecule has 0 saturated heterocycles. The van der Waals surface area contributed by atoms with Crippen molar-refractivity contribution >= 4 is 23.7 Å². The van der Waals surface area contributed by atoms with Crippen LogP contribution < -0.4 is 5.32 Å². The first-order chi connectivity index (χ1) is 15.4. The fourth-order valence-electron chi connectivity index (χ4n) is 4.21. The molecule has 1 atom stereocenters. The molecule has 0 radical (unpaired) electrons. The molecule has 166 valence electrons. The van der Waals surface area contributed by atoms with E-state index in [1.165, 1.54) is 6.42 Å². The number of esters is 1. The number of nitrogens with zero attached hydrogens (tertiary/aromatic N) is 1. The standard InChI is InChI=1S/C25H26N2O5/c1-16(22(28)26-19-10-3-2-4-11-19)32-25(31)18-9-7-8-17(14-18)15-27-23(29)20-12-5-6-13-21(20)24(27)30/h5-9,12-14,16,19H,2-4,10-11,15H2,1H3,(H,26,28). The van der Waals surface area contributed by atoms with E-state index in [-0.39, 0.29) is 35.9 Å². The predicted molar refractivity (Wildman–Crippen MR) is 117 cm³/mol. The van der Waals surface area contributed by atoms with Crippen LogP contribution in [0.5, 0.6) is 0 Å². The molecular formula is C25H26N2O5. The number of carbonyl (C=O) groups excluding carboxylic acids is 4. The van der Waals surface area contributed by atoms with E-state index in [4.69, 9.17) is 4.74 Å². The van der Waals surface area contributed by atoms with Crippen LogP contribution in [-0.2, 0) is 16.1 Å². The van der Waals surface area contributed by atoms with Gasteiger partial charge >= 0.3 is 5.97 Å². The number of ether oxygens (including phenoxy) is 1. The lowest BCUT2D eigenvalue weighted by Gasteiger charge is -2.24. The Kier molecular flexibility index (Phi) is 6.35. The molecule has 0 aromatic heterocycles. The first-order valence-corrected chi connectivity index (χ1v) is 11.0. The van der Waals surface area contributed by atoms with Crippen LogP contribution in [0.2, 0.25) is 0 Å². The van der Waals surface area contributed by atoms with Gasteiger partial charge in [-0.3, -0.25) is 19.3 Å². The SMILES string of the molecule is CC(OC(=O)c1cccc(CN2C(=O)c3ccccc3C2=O)c1)C(=O)NC1CCCCC1. The number of nitrogens with one attached hydrogen (secondary N) is 1. The van der Waals surface area contributed by atoms with E-state index in [1.807, 2.05) is 0 Å². The molecule has 1 fully saturated rings. The fourth-order valence-corrected chi connectivity index (χ4v) is 4.21. The van der Waals surface area contributed by atoms with Gasteiger partial charge in [0.1, 0.15) is 0 Å². The van der Waals surface area contributed by atoms with Crippen molar-refractivity contribution in [3.05, 3.63) is 70.8 Å². The van der Waals surface area contributed by atoms with Crippen LogP contribution >= 0.6 is 0 Å². The van der Waals surface area contributed by atoms with E-state index in [9.17, 15) is 19.2 Å². The molecule has 2 aliphatic rings. The molecule has 4 rings (SSSR count). The Hall–Kier alpha value is -3.48. The number of fused-ring (bicyclic) bond motifs is 1. The Morgan fingerprint density at radius 3 is 2.31 bits per heavy atom.